The fourth-order valence-electron chi connectivity index (χ4n) is 9.45. The molecule has 0 aliphatic rings. The fraction of sp³-hybridized carbons (Fsp3) is 0.938. The average molecular weight is 1230 g/mol. The summed E-state index contributed by atoms with van der Waals surface area (Å²) in [6.07, 6.45) is 36.3. The van der Waals surface area contributed by atoms with E-state index < -0.39 is 97.5 Å². The number of carbonyl (C=O) groups excluding carboxylic acids is 4. The highest BCUT2D eigenvalue weighted by atomic mass is 31.2. The minimum atomic E-state index is -4.95. The maximum Gasteiger partial charge on any atom is 0.472 e. The first-order valence-corrected chi connectivity index (χ1v) is 36.4. The van der Waals surface area contributed by atoms with Crippen molar-refractivity contribution >= 4 is 39.5 Å². The quantitative estimate of drug-likeness (QED) is 0.0222. The number of esters is 4. The summed E-state index contributed by atoms with van der Waals surface area (Å²) in [4.78, 5) is 72.2. The number of rotatable bonds is 62. The number of carbonyl (C=O) groups is 4. The SMILES string of the molecule is CCCCCCCCCCCCCC(=O)O[C@H](COC(=O)CCCCCCCCC(C)C)COP(=O)(O)OC[C@H](O)COP(=O)(O)OC[C@@H](COC(=O)CCCCCCCCCCC(C)C)OC(=O)CCCCCCCCCCC(C)CC. The van der Waals surface area contributed by atoms with E-state index in [9.17, 15) is 43.2 Å². The van der Waals surface area contributed by atoms with Crippen LogP contribution in [-0.2, 0) is 65.4 Å². The molecule has 0 heterocycles. The van der Waals surface area contributed by atoms with Gasteiger partial charge in [0, 0.05) is 25.7 Å². The highest BCUT2D eigenvalue weighted by molar-refractivity contribution is 7.47. The molecule has 0 saturated heterocycles. The average Bonchev–Trinajstić information content (AvgIpc) is 3.44. The Kier molecular flexibility index (Phi) is 54.1. The van der Waals surface area contributed by atoms with Crippen LogP contribution in [-0.4, -0.2) is 96.7 Å². The van der Waals surface area contributed by atoms with Gasteiger partial charge in [0.1, 0.15) is 19.3 Å². The minimum absolute atomic E-state index is 0.104. The second-order valence-corrected chi connectivity index (χ2v) is 27.3. The highest BCUT2D eigenvalue weighted by Gasteiger charge is 2.30. The van der Waals surface area contributed by atoms with Gasteiger partial charge in [-0.05, 0) is 43.4 Å². The van der Waals surface area contributed by atoms with Gasteiger partial charge in [0.2, 0.25) is 0 Å². The zero-order valence-corrected chi connectivity index (χ0v) is 55.4. The van der Waals surface area contributed by atoms with Crippen LogP contribution in [0.25, 0.3) is 0 Å². The van der Waals surface area contributed by atoms with Crippen LogP contribution < -0.4 is 0 Å². The lowest BCUT2D eigenvalue weighted by molar-refractivity contribution is -0.161. The zero-order valence-electron chi connectivity index (χ0n) is 53.6. The molecule has 19 heteroatoms. The third-order valence-corrected chi connectivity index (χ3v) is 16.9. The molecule has 0 amide bonds. The van der Waals surface area contributed by atoms with Gasteiger partial charge in [-0.25, -0.2) is 9.13 Å². The van der Waals surface area contributed by atoms with Crippen molar-refractivity contribution in [3.63, 3.8) is 0 Å². The van der Waals surface area contributed by atoms with Crippen molar-refractivity contribution in [2.24, 2.45) is 17.8 Å². The first-order valence-electron chi connectivity index (χ1n) is 33.4. The van der Waals surface area contributed by atoms with Crippen molar-refractivity contribution in [1.82, 2.24) is 0 Å². The third kappa shape index (κ3) is 57.6. The molecule has 0 bridgehead atoms. The minimum Gasteiger partial charge on any atom is -0.462 e. The van der Waals surface area contributed by atoms with E-state index in [1.54, 1.807) is 0 Å². The molecule has 0 spiro atoms. The Bertz CT molecular complexity index is 1650. The van der Waals surface area contributed by atoms with Crippen molar-refractivity contribution in [3.8, 4) is 0 Å². The Morgan fingerprint density at radius 3 is 0.916 bits per heavy atom. The first kappa shape index (κ1) is 81.1. The Labute approximate surface area is 505 Å². The summed E-state index contributed by atoms with van der Waals surface area (Å²) in [5, 5.41) is 10.5. The van der Waals surface area contributed by atoms with Crippen LogP contribution in [0.3, 0.4) is 0 Å². The predicted octanol–water partition coefficient (Wildman–Crippen LogP) is 17.5. The lowest BCUT2D eigenvalue weighted by atomic mass is 9.99. The normalized spacial score (nSPS) is 14.7. The molecular weight excluding hydrogens is 1100 g/mol. The van der Waals surface area contributed by atoms with Crippen LogP contribution in [0.5, 0.6) is 0 Å². The van der Waals surface area contributed by atoms with Gasteiger partial charge in [-0.2, -0.15) is 0 Å². The van der Waals surface area contributed by atoms with E-state index in [0.717, 1.165) is 108 Å². The van der Waals surface area contributed by atoms with Gasteiger partial charge < -0.3 is 33.8 Å². The van der Waals surface area contributed by atoms with E-state index in [1.165, 1.54) is 116 Å². The van der Waals surface area contributed by atoms with Gasteiger partial charge >= 0.3 is 39.5 Å². The molecule has 83 heavy (non-hydrogen) atoms. The summed E-state index contributed by atoms with van der Waals surface area (Å²) in [6, 6.07) is 0. The van der Waals surface area contributed by atoms with Crippen LogP contribution in [0, 0.1) is 17.8 Å². The smallest absolute Gasteiger partial charge is 0.462 e. The van der Waals surface area contributed by atoms with Crippen molar-refractivity contribution in [3.05, 3.63) is 0 Å². The zero-order chi connectivity index (χ0) is 61.7. The van der Waals surface area contributed by atoms with E-state index in [-0.39, 0.29) is 25.7 Å². The standard InChI is InChI=1S/C64H124O17P2/c1-8-10-11-12-13-14-15-16-24-33-40-47-63(68)80-60(52-75-62(67)46-39-32-27-26-29-36-43-56(5)6)54-79-83(72,73)77-50-58(65)49-76-82(70,71)78-53-59(51-74-61(66)45-38-31-23-19-17-21-28-35-42-55(3)4)81-64(69)48-41-34-25-20-18-22-30-37-44-57(7)9-2/h55-60,65H,8-54H2,1-7H3,(H,70,71)(H,72,73)/t57?,58-,59-,60-/m1/s1. The number of aliphatic hydroxyl groups is 1. The summed E-state index contributed by atoms with van der Waals surface area (Å²) in [6.45, 7) is 11.7. The molecule has 0 fully saturated rings. The fourth-order valence-corrected chi connectivity index (χ4v) is 11.0. The number of ether oxygens (including phenoxy) is 4. The molecule has 0 aromatic carbocycles. The number of hydrogen-bond donors (Lipinski definition) is 3. The van der Waals surface area contributed by atoms with Crippen LogP contribution in [0.1, 0.15) is 312 Å². The molecule has 17 nitrogen and oxygen atoms in total. The van der Waals surface area contributed by atoms with E-state index in [1.807, 2.05) is 0 Å². The molecule has 0 rings (SSSR count). The van der Waals surface area contributed by atoms with Gasteiger partial charge in [-0.3, -0.25) is 37.3 Å². The molecule has 0 radical (unpaired) electrons. The maximum atomic E-state index is 13.0. The number of phosphoric ester groups is 2. The summed E-state index contributed by atoms with van der Waals surface area (Å²) < 4.78 is 68.0. The second kappa shape index (κ2) is 55.4. The lowest BCUT2D eigenvalue weighted by Gasteiger charge is -2.21. The number of unbranched alkanes of at least 4 members (excludes halogenated alkanes) is 29. The summed E-state index contributed by atoms with van der Waals surface area (Å²) in [7, 11) is -9.89. The molecule has 0 saturated carbocycles. The summed E-state index contributed by atoms with van der Waals surface area (Å²) >= 11 is 0. The number of hydrogen-bond acceptors (Lipinski definition) is 15. The summed E-state index contributed by atoms with van der Waals surface area (Å²) in [5.74, 6) is 0.0374. The van der Waals surface area contributed by atoms with Crippen molar-refractivity contribution < 1.29 is 80.2 Å². The molecule has 0 aromatic rings. The molecule has 3 unspecified atom stereocenters. The molecule has 492 valence electrons. The third-order valence-electron chi connectivity index (χ3n) is 15.0. The Morgan fingerprint density at radius 2 is 0.614 bits per heavy atom. The van der Waals surface area contributed by atoms with E-state index >= 15 is 0 Å². The topological polar surface area (TPSA) is 237 Å². The predicted molar refractivity (Wildman–Crippen MR) is 331 cm³/mol. The highest BCUT2D eigenvalue weighted by Crippen LogP contribution is 2.45. The van der Waals surface area contributed by atoms with Crippen molar-refractivity contribution in [1.29, 1.82) is 0 Å². The number of phosphoric acid groups is 2. The van der Waals surface area contributed by atoms with Crippen LogP contribution >= 0.6 is 15.6 Å². The van der Waals surface area contributed by atoms with Crippen molar-refractivity contribution in [2.45, 2.75) is 330 Å². The Morgan fingerprint density at radius 1 is 0.349 bits per heavy atom. The Balaban J connectivity index is 5.26. The van der Waals surface area contributed by atoms with Crippen molar-refractivity contribution in [2.75, 3.05) is 39.6 Å². The van der Waals surface area contributed by atoms with Crippen LogP contribution in [0.2, 0.25) is 0 Å². The van der Waals surface area contributed by atoms with Gasteiger partial charge in [0.25, 0.3) is 0 Å². The molecular formula is C64H124O17P2. The summed E-state index contributed by atoms with van der Waals surface area (Å²) in [5.41, 5.74) is 0. The van der Waals surface area contributed by atoms with Gasteiger partial charge in [-0.1, -0.05) is 260 Å². The largest absolute Gasteiger partial charge is 0.472 e. The second-order valence-electron chi connectivity index (χ2n) is 24.3. The van der Waals surface area contributed by atoms with Gasteiger partial charge in [0.15, 0.2) is 12.2 Å². The Hall–Kier alpha value is -1.94. The van der Waals surface area contributed by atoms with Crippen LogP contribution in [0.4, 0.5) is 0 Å². The first-order chi connectivity index (χ1) is 39.8. The maximum absolute atomic E-state index is 13.0. The molecule has 0 aliphatic carbocycles. The van der Waals surface area contributed by atoms with Gasteiger partial charge in [0.05, 0.1) is 26.4 Å². The van der Waals surface area contributed by atoms with E-state index in [0.29, 0.717) is 31.6 Å². The van der Waals surface area contributed by atoms with E-state index in [4.69, 9.17) is 37.0 Å². The molecule has 0 aliphatic heterocycles. The van der Waals surface area contributed by atoms with Crippen LogP contribution in [0.15, 0.2) is 0 Å². The van der Waals surface area contributed by atoms with Gasteiger partial charge in [-0.15, -0.1) is 0 Å². The molecule has 0 aromatic heterocycles. The monoisotopic (exact) mass is 1230 g/mol. The van der Waals surface area contributed by atoms with E-state index in [2.05, 4.69) is 48.5 Å². The molecule has 3 N–H and O–H groups in total. The number of aliphatic hydroxyl groups excluding tert-OH is 1. The molecule has 6 atom stereocenters. The lowest BCUT2D eigenvalue weighted by Crippen LogP contribution is -2.30.